The third kappa shape index (κ3) is 2.28. The van der Waals surface area contributed by atoms with Crippen LogP contribution in [0.25, 0.3) is 10.9 Å². The molecule has 0 unspecified atom stereocenters. The van der Waals surface area contributed by atoms with Crippen LogP contribution in [0.4, 0.5) is 8.78 Å². The average molecular weight is 322 g/mol. The topological polar surface area (TPSA) is 4.93 Å². The van der Waals surface area contributed by atoms with Crippen molar-refractivity contribution >= 4 is 26.8 Å². The van der Waals surface area contributed by atoms with Crippen LogP contribution in [0.1, 0.15) is 5.56 Å². The summed E-state index contributed by atoms with van der Waals surface area (Å²) in [5, 5.41) is 1.03. The predicted octanol–water partition coefficient (Wildman–Crippen LogP) is 4.73. The van der Waals surface area contributed by atoms with E-state index in [0.29, 0.717) is 0 Å². The molecule has 4 heteroatoms. The lowest BCUT2D eigenvalue weighted by atomic mass is 10.2. The lowest BCUT2D eigenvalue weighted by Gasteiger charge is -2.08. The highest BCUT2D eigenvalue weighted by Crippen LogP contribution is 2.23. The van der Waals surface area contributed by atoms with Gasteiger partial charge in [0.1, 0.15) is 11.6 Å². The molecule has 0 bridgehead atoms. The lowest BCUT2D eigenvalue weighted by Crippen LogP contribution is -2.03. The van der Waals surface area contributed by atoms with Crippen molar-refractivity contribution in [2.75, 3.05) is 0 Å². The van der Waals surface area contributed by atoms with Crippen LogP contribution >= 0.6 is 15.9 Å². The Balaban J connectivity index is 2.06. The van der Waals surface area contributed by atoms with E-state index in [9.17, 15) is 8.78 Å². The molecule has 0 aliphatic heterocycles. The van der Waals surface area contributed by atoms with E-state index >= 15 is 0 Å². The summed E-state index contributed by atoms with van der Waals surface area (Å²) in [5.74, 6) is -1.03. The molecule has 0 spiro atoms. The Hall–Kier alpha value is -1.68. The van der Waals surface area contributed by atoms with Crippen molar-refractivity contribution in [3.8, 4) is 0 Å². The van der Waals surface area contributed by atoms with Crippen LogP contribution in [0.15, 0.2) is 53.1 Å². The number of rotatable bonds is 2. The molecule has 1 aromatic heterocycles. The molecule has 0 aliphatic carbocycles. The first-order chi connectivity index (χ1) is 9.15. The molecule has 1 nitrogen and oxygen atoms in total. The van der Waals surface area contributed by atoms with E-state index in [-0.39, 0.29) is 12.1 Å². The molecule has 0 atom stereocenters. The smallest absolute Gasteiger partial charge is 0.131 e. The van der Waals surface area contributed by atoms with E-state index in [0.717, 1.165) is 15.4 Å². The number of nitrogens with zero attached hydrogens (tertiary/aromatic N) is 1. The largest absolute Gasteiger partial charge is 0.343 e. The molecule has 2 aromatic carbocycles. The number of halogens is 3. The second kappa shape index (κ2) is 4.78. The van der Waals surface area contributed by atoms with Gasteiger partial charge in [-0.2, -0.15) is 0 Å². The Labute approximate surface area is 117 Å². The Morgan fingerprint density at radius 2 is 1.74 bits per heavy atom. The molecule has 3 rings (SSSR count). The van der Waals surface area contributed by atoms with Crippen molar-refractivity contribution in [1.82, 2.24) is 4.57 Å². The predicted molar refractivity (Wildman–Crippen MR) is 75.1 cm³/mol. The van der Waals surface area contributed by atoms with Crippen molar-refractivity contribution in [2.24, 2.45) is 0 Å². The Kier molecular flexibility index (Phi) is 3.11. The molecular formula is C15H10BrF2N. The summed E-state index contributed by atoms with van der Waals surface area (Å²) >= 11 is 3.40. The van der Waals surface area contributed by atoms with Crippen molar-refractivity contribution in [3.05, 3.63) is 70.3 Å². The van der Waals surface area contributed by atoms with Crippen molar-refractivity contribution in [1.29, 1.82) is 0 Å². The van der Waals surface area contributed by atoms with Gasteiger partial charge in [0.25, 0.3) is 0 Å². The van der Waals surface area contributed by atoms with Crippen LogP contribution in [0.3, 0.4) is 0 Å². The number of fused-ring (bicyclic) bond motifs is 1. The molecule has 0 saturated heterocycles. The summed E-state index contributed by atoms with van der Waals surface area (Å²) in [6, 6.07) is 11.7. The standard InChI is InChI=1S/C15H10BrF2N/c16-11-4-5-15-10(8-11)6-7-19(15)9-12-13(17)2-1-3-14(12)18/h1-8H,9H2. The van der Waals surface area contributed by atoms with Crippen LogP contribution in [-0.4, -0.2) is 4.57 Å². The van der Waals surface area contributed by atoms with Gasteiger partial charge in [-0.15, -0.1) is 0 Å². The zero-order valence-electron chi connectivity index (χ0n) is 9.91. The normalized spacial score (nSPS) is 11.1. The first kappa shape index (κ1) is 12.4. The fraction of sp³-hybridized carbons (Fsp3) is 0.0667. The van der Waals surface area contributed by atoms with Crippen LogP contribution in [-0.2, 0) is 6.54 Å². The molecule has 3 aromatic rings. The van der Waals surface area contributed by atoms with E-state index in [1.54, 1.807) is 0 Å². The van der Waals surface area contributed by atoms with Gasteiger partial charge in [0.05, 0.1) is 6.54 Å². The zero-order valence-corrected chi connectivity index (χ0v) is 11.5. The molecule has 19 heavy (non-hydrogen) atoms. The Morgan fingerprint density at radius 3 is 2.47 bits per heavy atom. The minimum absolute atomic E-state index is 0.0860. The van der Waals surface area contributed by atoms with Gasteiger partial charge < -0.3 is 4.57 Å². The van der Waals surface area contributed by atoms with Gasteiger partial charge in [-0.25, -0.2) is 8.78 Å². The summed E-state index contributed by atoms with van der Waals surface area (Å²) in [5.41, 5.74) is 1.04. The summed E-state index contributed by atoms with van der Waals surface area (Å²) in [7, 11) is 0. The molecule has 96 valence electrons. The highest BCUT2D eigenvalue weighted by molar-refractivity contribution is 9.10. The molecule has 1 heterocycles. The molecule has 0 N–H and O–H groups in total. The van der Waals surface area contributed by atoms with Crippen molar-refractivity contribution < 1.29 is 8.78 Å². The molecule has 0 aliphatic rings. The highest BCUT2D eigenvalue weighted by Gasteiger charge is 2.10. The van der Waals surface area contributed by atoms with Crippen LogP contribution in [0, 0.1) is 11.6 Å². The first-order valence-electron chi connectivity index (χ1n) is 5.82. The highest BCUT2D eigenvalue weighted by atomic mass is 79.9. The van der Waals surface area contributed by atoms with Gasteiger partial charge in [0.15, 0.2) is 0 Å². The van der Waals surface area contributed by atoms with Gasteiger partial charge in [0.2, 0.25) is 0 Å². The van der Waals surface area contributed by atoms with Crippen LogP contribution in [0.2, 0.25) is 0 Å². The van der Waals surface area contributed by atoms with E-state index in [1.165, 1.54) is 18.2 Å². The van der Waals surface area contributed by atoms with Gasteiger partial charge in [-0.1, -0.05) is 22.0 Å². The van der Waals surface area contributed by atoms with Gasteiger partial charge in [-0.05, 0) is 36.4 Å². The quantitative estimate of drug-likeness (QED) is 0.643. The SMILES string of the molecule is Fc1cccc(F)c1Cn1ccc2cc(Br)ccc21. The molecule has 0 fully saturated rings. The fourth-order valence-electron chi connectivity index (χ4n) is 2.16. The van der Waals surface area contributed by atoms with E-state index in [1.807, 2.05) is 35.0 Å². The number of aromatic nitrogens is 1. The maximum atomic E-state index is 13.6. The second-order valence-corrected chi connectivity index (χ2v) is 5.26. The monoisotopic (exact) mass is 321 g/mol. The maximum absolute atomic E-state index is 13.6. The van der Waals surface area contributed by atoms with Gasteiger partial charge in [-0.3, -0.25) is 0 Å². The third-order valence-corrected chi connectivity index (χ3v) is 3.62. The van der Waals surface area contributed by atoms with Crippen molar-refractivity contribution in [3.63, 3.8) is 0 Å². The Bertz CT molecular complexity index is 729. The second-order valence-electron chi connectivity index (χ2n) is 4.35. The lowest BCUT2D eigenvalue weighted by molar-refractivity contribution is 0.547. The minimum atomic E-state index is -0.515. The van der Waals surface area contributed by atoms with Crippen LogP contribution in [0.5, 0.6) is 0 Å². The summed E-state index contributed by atoms with van der Waals surface area (Å²) in [6.07, 6.45) is 1.84. The van der Waals surface area contributed by atoms with Gasteiger partial charge in [0, 0.05) is 27.1 Å². The summed E-state index contributed by atoms with van der Waals surface area (Å²) in [6.45, 7) is 0.184. The third-order valence-electron chi connectivity index (χ3n) is 3.12. The number of hydrogen-bond acceptors (Lipinski definition) is 0. The van der Waals surface area contributed by atoms with Gasteiger partial charge >= 0.3 is 0 Å². The fourth-order valence-corrected chi connectivity index (χ4v) is 2.54. The molecule has 0 radical (unpaired) electrons. The van der Waals surface area contributed by atoms with Crippen molar-refractivity contribution in [2.45, 2.75) is 6.54 Å². The average Bonchev–Trinajstić information content (AvgIpc) is 2.76. The number of hydrogen-bond donors (Lipinski definition) is 0. The molecular weight excluding hydrogens is 312 g/mol. The van der Waals surface area contributed by atoms with E-state index < -0.39 is 11.6 Å². The van der Waals surface area contributed by atoms with E-state index in [4.69, 9.17) is 0 Å². The van der Waals surface area contributed by atoms with E-state index in [2.05, 4.69) is 15.9 Å². The first-order valence-corrected chi connectivity index (χ1v) is 6.62. The molecule has 0 saturated carbocycles. The summed E-state index contributed by atoms with van der Waals surface area (Å²) in [4.78, 5) is 0. The molecule has 0 amide bonds. The van der Waals surface area contributed by atoms with Crippen LogP contribution < -0.4 is 0 Å². The minimum Gasteiger partial charge on any atom is -0.343 e. The zero-order chi connectivity index (χ0) is 13.4. The maximum Gasteiger partial charge on any atom is 0.131 e. The Morgan fingerprint density at radius 1 is 1.00 bits per heavy atom. The number of benzene rings is 2. The summed E-state index contributed by atoms with van der Waals surface area (Å²) < 4.78 is 30.1.